The van der Waals surface area contributed by atoms with Gasteiger partial charge < -0.3 is 25.6 Å². The zero-order valence-electron chi connectivity index (χ0n) is 27.0. The first-order valence-electron chi connectivity index (χ1n) is 16.4. The summed E-state index contributed by atoms with van der Waals surface area (Å²) in [5.74, 6) is -0.725. The molecule has 0 spiro atoms. The van der Waals surface area contributed by atoms with Crippen LogP contribution in [0, 0.1) is 12.7 Å². The molecule has 1 aliphatic heterocycles. The SMILES string of the molecule is Cc1cc(C(=O)N[C@H]2CC[C@@H](NC(=O)c3cc(F)cnc3Oc3cccc(-c4cccc(CCN5CCNCC5)c4)c3)CC2)nn1C. The van der Waals surface area contributed by atoms with E-state index in [1.807, 2.05) is 25.1 Å². The molecule has 2 amide bonds. The molecule has 1 aliphatic carbocycles. The van der Waals surface area contributed by atoms with E-state index in [-0.39, 0.29) is 29.4 Å². The molecule has 2 aromatic heterocycles. The van der Waals surface area contributed by atoms with E-state index in [1.54, 1.807) is 23.9 Å². The molecule has 0 bridgehead atoms. The summed E-state index contributed by atoms with van der Waals surface area (Å²) in [6.45, 7) is 7.15. The van der Waals surface area contributed by atoms with Crippen LogP contribution in [-0.2, 0) is 13.5 Å². The fraction of sp³-hybridized carbons (Fsp3) is 0.389. The Morgan fingerprint density at radius 3 is 2.32 bits per heavy atom. The zero-order chi connectivity index (χ0) is 32.8. The van der Waals surface area contributed by atoms with E-state index >= 15 is 0 Å². The number of aromatic nitrogens is 3. The lowest BCUT2D eigenvalue weighted by Crippen LogP contribution is -2.44. The van der Waals surface area contributed by atoms with Crippen molar-refractivity contribution in [1.82, 2.24) is 35.6 Å². The molecule has 1 saturated carbocycles. The van der Waals surface area contributed by atoms with Crippen molar-refractivity contribution < 1.29 is 18.7 Å². The van der Waals surface area contributed by atoms with Gasteiger partial charge in [0.05, 0.1) is 6.20 Å². The Balaban J connectivity index is 1.06. The number of ether oxygens (including phenoxy) is 1. The first-order valence-corrected chi connectivity index (χ1v) is 16.4. The van der Waals surface area contributed by atoms with Gasteiger partial charge in [-0.25, -0.2) is 9.37 Å². The van der Waals surface area contributed by atoms with Crippen LogP contribution in [0.1, 0.15) is 57.8 Å². The zero-order valence-corrected chi connectivity index (χ0v) is 27.0. The van der Waals surface area contributed by atoms with E-state index in [2.05, 4.69) is 55.2 Å². The number of carbonyl (C=O) groups is 2. The summed E-state index contributed by atoms with van der Waals surface area (Å²) in [5.41, 5.74) is 4.65. The van der Waals surface area contributed by atoms with Gasteiger partial charge in [-0.3, -0.25) is 14.3 Å². The number of pyridine rings is 1. The number of benzene rings is 2. The van der Waals surface area contributed by atoms with E-state index in [0.29, 0.717) is 37.1 Å². The fourth-order valence-corrected chi connectivity index (χ4v) is 6.23. The van der Waals surface area contributed by atoms with Crippen LogP contribution in [0.5, 0.6) is 11.6 Å². The number of hydrogen-bond donors (Lipinski definition) is 3. The van der Waals surface area contributed by atoms with E-state index in [9.17, 15) is 14.0 Å². The number of nitrogens with zero attached hydrogens (tertiary/aromatic N) is 4. The van der Waals surface area contributed by atoms with Gasteiger partial charge in [-0.05, 0) is 80.0 Å². The molecule has 0 atom stereocenters. The normalized spacial score (nSPS) is 18.4. The van der Waals surface area contributed by atoms with Crippen LogP contribution < -0.4 is 20.7 Å². The molecule has 2 aromatic carbocycles. The van der Waals surface area contributed by atoms with Crippen molar-refractivity contribution in [2.75, 3.05) is 32.7 Å². The van der Waals surface area contributed by atoms with Crippen LogP contribution in [0.3, 0.4) is 0 Å². The number of rotatable bonds is 10. The standard InChI is InChI=1S/C36H42FN7O3/c1-24-19-33(42-43(24)2)35(46)41-30-11-9-29(10-12-30)40-34(45)32-22-28(37)23-39-36(32)47-31-8-4-7-27(21-31)26-6-3-5-25(20-26)13-16-44-17-14-38-15-18-44/h3-8,19-23,29-30,38H,9-18H2,1-2H3,(H,40,45)(H,41,46)/t29-,30+. The molecule has 4 aromatic rings. The summed E-state index contributed by atoms with van der Waals surface area (Å²) in [4.78, 5) is 32.6. The van der Waals surface area contributed by atoms with Crippen LogP contribution >= 0.6 is 0 Å². The summed E-state index contributed by atoms with van der Waals surface area (Å²) >= 11 is 0. The van der Waals surface area contributed by atoms with Crippen LogP contribution in [0.2, 0.25) is 0 Å². The minimum atomic E-state index is -0.620. The van der Waals surface area contributed by atoms with Gasteiger partial charge in [0.15, 0.2) is 0 Å². The third-order valence-corrected chi connectivity index (χ3v) is 9.04. The first-order chi connectivity index (χ1) is 22.8. The van der Waals surface area contributed by atoms with Crippen LogP contribution in [0.4, 0.5) is 4.39 Å². The summed E-state index contributed by atoms with van der Waals surface area (Å²) in [6.07, 6.45) is 4.78. The van der Waals surface area contributed by atoms with Crippen LogP contribution in [0.25, 0.3) is 11.1 Å². The van der Waals surface area contributed by atoms with Gasteiger partial charge in [0.2, 0.25) is 5.88 Å². The molecule has 3 N–H and O–H groups in total. The van der Waals surface area contributed by atoms with Gasteiger partial charge in [-0.1, -0.05) is 36.4 Å². The second kappa shape index (κ2) is 14.9. The third kappa shape index (κ3) is 8.41. The van der Waals surface area contributed by atoms with Crippen LogP contribution in [-0.4, -0.2) is 76.3 Å². The molecule has 246 valence electrons. The van der Waals surface area contributed by atoms with Crippen molar-refractivity contribution in [3.63, 3.8) is 0 Å². The van der Waals surface area contributed by atoms with E-state index in [4.69, 9.17) is 4.74 Å². The van der Waals surface area contributed by atoms with Gasteiger partial charge >= 0.3 is 0 Å². The average molecular weight is 640 g/mol. The predicted octanol–water partition coefficient (Wildman–Crippen LogP) is 4.64. The highest BCUT2D eigenvalue weighted by molar-refractivity contribution is 5.96. The summed E-state index contributed by atoms with van der Waals surface area (Å²) in [5, 5.41) is 13.7. The molecule has 0 unspecified atom stereocenters. The Bertz CT molecular complexity index is 1690. The highest BCUT2D eigenvalue weighted by Gasteiger charge is 2.26. The summed E-state index contributed by atoms with van der Waals surface area (Å²) in [6, 6.07) is 18.9. The lowest BCUT2D eigenvalue weighted by Gasteiger charge is -2.29. The molecule has 2 aliphatic rings. The maximum absolute atomic E-state index is 14.3. The first kappa shape index (κ1) is 32.3. The monoisotopic (exact) mass is 639 g/mol. The maximum Gasteiger partial charge on any atom is 0.272 e. The molecule has 47 heavy (non-hydrogen) atoms. The van der Waals surface area contributed by atoms with Crippen molar-refractivity contribution in [3.05, 3.63) is 95.2 Å². The maximum atomic E-state index is 14.3. The highest BCUT2D eigenvalue weighted by atomic mass is 19.1. The number of hydrogen-bond acceptors (Lipinski definition) is 7. The predicted molar refractivity (Wildman–Crippen MR) is 178 cm³/mol. The minimum Gasteiger partial charge on any atom is -0.438 e. The van der Waals surface area contributed by atoms with Crippen molar-refractivity contribution in [2.24, 2.45) is 7.05 Å². The van der Waals surface area contributed by atoms with E-state index in [1.165, 1.54) is 5.56 Å². The molecule has 10 nitrogen and oxygen atoms in total. The van der Waals surface area contributed by atoms with Gasteiger partial charge in [-0.2, -0.15) is 5.10 Å². The molecule has 0 radical (unpaired) electrons. The topological polar surface area (TPSA) is 113 Å². The molecular weight excluding hydrogens is 597 g/mol. The lowest BCUT2D eigenvalue weighted by atomic mass is 9.91. The Labute approximate surface area is 274 Å². The van der Waals surface area contributed by atoms with E-state index < -0.39 is 11.7 Å². The van der Waals surface area contributed by atoms with Gasteiger partial charge in [0.1, 0.15) is 22.8 Å². The number of aryl methyl sites for hydroxylation is 2. The number of nitrogens with one attached hydrogen (secondary N) is 3. The Morgan fingerprint density at radius 1 is 0.936 bits per heavy atom. The van der Waals surface area contributed by atoms with E-state index in [0.717, 1.165) is 68.2 Å². The Morgan fingerprint density at radius 2 is 1.62 bits per heavy atom. The Kier molecular flexibility index (Phi) is 10.2. The second-order valence-corrected chi connectivity index (χ2v) is 12.5. The summed E-state index contributed by atoms with van der Waals surface area (Å²) in [7, 11) is 1.80. The van der Waals surface area contributed by atoms with Gasteiger partial charge in [0.25, 0.3) is 11.8 Å². The Hall–Kier alpha value is -4.61. The lowest BCUT2D eigenvalue weighted by molar-refractivity contribution is 0.0887. The van der Waals surface area contributed by atoms with Gasteiger partial charge in [-0.15, -0.1) is 0 Å². The molecule has 6 rings (SSSR count). The number of piperazine rings is 1. The smallest absolute Gasteiger partial charge is 0.272 e. The largest absolute Gasteiger partial charge is 0.438 e. The van der Waals surface area contributed by atoms with Gasteiger partial charge in [0, 0.05) is 57.5 Å². The third-order valence-electron chi connectivity index (χ3n) is 9.04. The van der Waals surface area contributed by atoms with Crippen molar-refractivity contribution in [3.8, 4) is 22.8 Å². The summed E-state index contributed by atoms with van der Waals surface area (Å²) < 4.78 is 22.1. The number of halogens is 1. The van der Waals surface area contributed by atoms with Crippen molar-refractivity contribution >= 4 is 11.8 Å². The molecule has 2 fully saturated rings. The molecule has 11 heteroatoms. The molecule has 3 heterocycles. The molecular formula is C36H42FN7O3. The number of amides is 2. The quantitative estimate of drug-likeness (QED) is 0.232. The minimum absolute atomic E-state index is 0.00659. The second-order valence-electron chi connectivity index (χ2n) is 12.5. The van der Waals surface area contributed by atoms with Crippen molar-refractivity contribution in [1.29, 1.82) is 0 Å². The van der Waals surface area contributed by atoms with Crippen LogP contribution in [0.15, 0.2) is 66.9 Å². The fourth-order valence-electron chi connectivity index (χ4n) is 6.23. The number of carbonyl (C=O) groups excluding carboxylic acids is 2. The van der Waals surface area contributed by atoms with Crippen molar-refractivity contribution in [2.45, 2.75) is 51.1 Å². The highest BCUT2D eigenvalue weighted by Crippen LogP contribution is 2.30. The molecule has 1 saturated heterocycles. The average Bonchev–Trinajstić information content (AvgIpc) is 3.44.